The van der Waals surface area contributed by atoms with Gasteiger partial charge in [-0.25, -0.2) is 17.4 Å². The summed E-state index contributed by atoms with van der Waals surface area (Å²) in [5, 5.41) is 0.981. The average molecular weight is 405 g/mol. The summed E-state index contributed by atoms with van der Waals surface area (Å²) in [6.45, 7) is 3.01. The topological polar surface area (TPSA) is 70.4 Å². The Bertz CT molecular complexity index is 1110. The minimum absolute atomic E-state index is 0.197. The van der Waals surface area contributed by atoms with Crippen LogP contribution in [0.5, 0.6) is 0 Å². The average Bonchev–Trinajstić information content (AvgIpc) is 3.31. The van der Waals surface area contributed by atoms with Crippen molar-refractivity contribution in [1.29, 1.82) is 0 Å². The molecule has 6 nitrogen and oxygen atoms in total. The molecule has 0 unspecified atom stereocenters. The number of nitrogens with zero attached hydrogens (tertiary/aromatic N) is 2. The molecule has 1 saturated heterocycles. The number of halogens is 1. The predicted octanol–water partition coefficient (Wildman–Crippen LogP) is 3.62. The molecule has 0 saturated carbocycles. The van der Waals surface area contributed by atoms with E-state index >= 15 is 0 Å². The second-order valence-electron chi connectivity index (χ2n) is 6.16. The first-order valence-corrected chi connectivity index (χ1v) is 10.2. The summed E-state index contributed by atoms with van der Waals surface area (Å²) >= 11 is 6.48. The van der Waals surface area contributed by atoms with Crippen molar-refractivity contribution in [3.63, 3.8) is 0 Å². The maximum atomic E-state index is 12.9. The molecule has 0 bridgehead atoms. The van der Waals surface area contributed by atoms with E-state index in [2.05, 4.69) is 4.98 Å². The highest BCUT2D eigenvalue weighted by Crippen LogP contribution is 2.30. The SMILES string of the molecule is Cc1ccc(S(=O)(=O)n2ccc3c(Cl)c(C=CC4OCCO4)cnc32)cc1. The molecule has 3 aromatic rings. The molecule has 2 aromatic heterocycles. The Balaban J connectivity index is 1.74. The Morgan fingerprint density at radius 3 is 2.59 bits per heavy atom. The Morgan fingerprint density at radius 1 is 1.19 bits per heavy atom. The molecule has 0 N–H and O–H groups in total. The van der Waals surface area contributed by atoms with Gasteiger partial charge >= 0.3 is 0 Å². The van der Waals surface area contributed by atoms with Crippen molar-refractivity contribution in [2.24, 2.45) is 0 Å². The Morgan fingerprint density at radius 2 is 1.89 bits per heavy atom. The second-order valence-corrected chi connectivity index (χ2v) is 8.36. The van der Waals surface area contributed by atoms with Gasteiger partial charge in [0, 0.05) is 23.3 Å². The standard InChI is InChI=1S/C19H17ClN2O4S/c1-13-2-5-15(6-3-13)27(23,24)22-9-8-16-18(20)14(12-21-19(16)22)4-7-17-25-10-11-26-17/h2-9,12,17H,10-11H2,1H3. The highest BCUT2D eigenvalue weighted by atomic mass is 35.5. The van der Waals surface area contributed by atoms with Crippen LogP contribution in [-0.2, 0) is 19.5 Å². The summed E-state index contributed by atoms with van der Waals surface area (Å²) < 4.78 is 37.8. The van der Waals surface area contributed by atoms with Gasteiger partial charge in [0.05, 0.1) is 23.1 Å². The zero-order valence-corrected chi connectivity index (χ0v) is 16.1. The molecule has 0 radical (unpaired) electrons. The third-order valence-electron chi connectivity index (χ3n) is 4.30. The van der Waals surface area contributed by atoms with Crippen LogP contribution in [-0.4, -0.2) is 36.9 Å². The fourth-order valence-electron chi connectivity index (χ4n) is 2.85. The lowest BCUT2D eigenvalue weighted by Crippen LogP contribution is -2.12. The summed E-state index contributed by atoms with van der Waals surface area (Å²) in [5.41, 5.74) is 1.93. The largest absolute Gasteiger partial charge is 0.347 e. The van der Waals surface area contributed by atoms with Gasteiger partial charge < -0.3 is 9.47 Å². The quantitative estimate of drug-likeness (QED) is 0.664. The van der Waals surface area contributed by atoms with Crippen LogP contribution in [0.2, 0.25) is 5.02 Å². The van der Waals surface area contributed by atoms with Crippen molar-refractivity contribution in [2.75, 3.05) is 13.2 Å². The number of hydrogen-bond acceptors (Lipinski definition) is 5. The summed E-state index contributed by atoms with van der Waals surface area (Å²) in [6, 6.07) is 8.33. The van der Waals surface area contributed by atoms with Crippen molar-refractivity contribution in [3.05, 3.63) is 65.0 Å². The van der Waals surface area contributed by atoms with E-state index in [-0.39, 0.29) is 10.5 Å². The number of pyridine rings is 1. The first-order chi connectivity index (χ1) is 13.0. The van der Waals surface area contributed by atoms with Gasteiger partial charge in [-0.1, -0.05) is 35.4 Å². The smallest absolute Gasteiger partial charge is 0.269 e. The molecular formula is C19H17ClN2O4S. The summed E-state index contributed by atoms with van der Waals surface area (Å²) in [4.78, 5) is 4.52. The van der Waals surface area contributed by atoms with Crippen molar-refractivity contribution in [2.45, 2.75) is 18.1 Å². The third-order valence-corrected chi connectivity index (χ3v) is 6.40. The van der Waals surface area contributed by atoms with Crippen LogP contribution in [0.15, 0.2) is 53.7 Å². The molecule has 140 valence electrons. The fourth-order valence-corrected chi connectivity index (χ4v) is 4.41. The highest BCUT2D eigenvalue weighted by Gasteiger charge is 2.21. The van der Waals surface area contributed by atoms with Crippen molar-refractivity contribution < 1.29 is 17.9 Å². The highest BCUT2D eigenvalue weighted by molar-refractivity contribution is 7.90. The van der Waals surface area contributed by atoms with Crippen LogP contribution in [0.4, 0.5) is 0 Å². The normalized spacial score (nSPS) is 15.9. The monoisotopic (exact) mass is 404 g/mol. The van der Waals surface area contributed by atoms with Crippen molar-refractivity contribution in [1.82, 2.24) is 8.96 Å². The maximum Gasteiger partial charge on any atom is 0.269 e. The van der Waals surface area contributed by atoms with Crippen LogP contribution < -0.4 is 0 Å². The lowest BCUT2D eigenvalue weighted by atomic mass is 10.2. The number of aromatic nitrogens is 2. The number of benzene rings is 1. The van der Waals surface area contributed by atoms with E-state index in [1.165, 1.54) is 12.4 Å². The molecule has 3 heterocycles. The van der Waals surface area contributed by atoms with Crippen LogP contribution in [0.1, 0.15) is 11.1 Å². The molecule has 0 atom stereocenters. The van der Waals surface area contributed by atoms with Crippen LogP contribution >= 0.6 is 11.6 Å². The van der Waals surface area contributed by atoms with Gasteiger partial charge in [0.1, 0.15) is 0 Å². The van der Waals surface area contributed by atoms with E-state index in [9.17, 15) is 8.42 Å². The van der Waals surface area contributed by atoms with Gasteiger partial charge in [0.2, 0.25) is 0 Å². The van der Waals surface area contributed by atoms with Crippen molar-refractivity contribution in [3.8, 4) is 0 Å². The number of hydrogen-bond donors (Lipinski definition) is 0. The van der Waals surface area contributed by atoms with E-state index in [4.69, 9.17) is 21.1 Å². The van der Waals surface area contributed by atoms with E-state index in [0.29, 0.717) is 29.2 Å². The zero-order valence-electron chi connectivity index (χ0n) is 14.5. The van der Waals surface area contributed by atoms with Crippen LogP contribution in [0.25, 0.3) is 17.1 Å². The molecule has 1 aliphatic heterocycles. The van der Waals surface area contributed by atoms with Gasteiger partial charge in [0.15, 0.2) is 11.9 Å². The molecule has 4 rings (SSSR count). The molecule has 8 heteroatoms. The third kappa shape index (κ3) is 3.39. The predicted molar refractivity (Wildman–Crippen MR) is 103 cm³/mol. The molecule has 0 aliphatic carbocycles. The maximum absolute atomic E-state index is 12.9. The van der Waals surface area contributed by atoms with E-state index < -0.39 is 16.3 Å². The Kier molecular flexibility index (Phi) is 4.77. The fraction of sp³-hybridized carbons (Fsp3) is 0.211. The molecule has 1 fully saturated rings. The van der Waals surface area contributed by atoms with E-state index in [0.717, 1.165) is 9.54 Å². The van der Waals surface area contributed by atoms with Gasteiger partial charge in [-0.2, -0.15) is 0 Å². The first-order valence-electron chi connectivity index (χ1n) is 8.36. The summed E-state index contributed by atoms with van der Waals surface area (Å²) in [7, 11) is -3.76. The van der Waals surface area contributed by atoms with Crippen LogP contribution in [0.3, 0.4) is 0 Å². The second kappa shape index (κ2) is 7.09. The number of ether oxygens (including phenoxy) is 2. The van der Waals surface area contributed by atoms with E-state index in [1.807, 2.05) is 6.92 Å². The summed E-state index contributed by atoms with van der Waals surface area (Å²) in [6.07, 6.45) is 6.12. The van der Waals surface area contributed by atoms with Gasteiger partial charge in [-0.3, -0.25) is 0 Å². The molecule has 0 amide bonds. The number of rotatable bonds is 4. The lowest BCUT2D eigenvalue weighted by molar-refractivity contribution is -0.000908. The van der Waals surface area contributed by atoms with Gasteiger partial charge in [0.25, 0.3) is 10.0 Å². The van der Waals surface area contributed by atoms with E-state index in [1.54, 1.807) is 42.5 Å². The minimum atomic E-state index is -3.76. The van der Waals surface area contributed by atoms with Gasteiger partial charge in [-0.05, 0) is 31.2 Å². The number of fused-ring (bicyclic) bond motifs is 1. The molecular weight excluding hydrogens is 388 g/mol. The molecule has 27 heavy (non-hydrogen) atoms. The molecule has 0 spiro atoms. The van der Waals surface area contributed by atoms with Gasteiger partial charge in [-0.15, -0.1) is 0 Å². The van der Waals surface area contributed by atoms with Crippen molar-refractivity contribution >= 4 is 38.7 Å². The Labute approximate surface area is 162 Å². The van der Waals surface area contributed by atoms with Crippen LogP contribution in [0, 0.1) is 6.92 Å². The molecule has 1 aromatic carbocycles. The first kappa shape index (κ1) is 18.2. The number of aryl methyl sites for hydroxylation is 1. The Hall–Kier alpha value is -2.19. The minimum Gasteiger partial charge on any atom is -0.347 e. The summed E-state index contributed by atoms with van der Waals surface area (Å²) in [5.74, 6) is 0. The zero-order chi connectivity index (χ0) is 19.0. The molecule has 1 aliphatic rings. The lowest BCUT2D eigenvalue weighted by Gasteiger charge is -2.08.